The molecule has 6 aromatic rings. The predicted octanol–water partition coefficient (Wildman–Crippen LogP) is 7.46. The maximum atomic E-state index is 5.45. The SMILES string of the molecule is COc1ccc2c(ccc3c4c5ccccc5ccc4c4ccccc4c23)c1. The van der Waals surface area contributed by atoms with E-state index in [0.29, 0.717) is 0 Å². The third-order valence-electron chi connectivity index (χ3n) is 5.91. The standard InChI is InChI=1S/C27H18O/c1-28-19-12-15-21-18(16-19)11-14-25-26-20-7-3-2-6-17(20)10-13-24(26)22-8-4-5-9-23(22)27(21)25/h2-16H,1H3. The van der Waals surface area contributed by atoms with Crippen molar-refractivity contribution in [3.05, 3.63) is 91.0 Å². The molecule has 28 heavy (non-hydrogen) atoms. The van der Waals surface area contributed by atoms with Crippen molar-refractivity contribution in [1.82, 2.24) is 0 Å². The molecule has 0 atom stereocenters. The van der Waals surface area contributed by atoms with Gasteiger partial charge in [0.2, 0.25) is 0 Å². The molecule has 0 amide bonds. The van der Waals surface area contributed by atoms with Crippen LogP contribution in [0.2, 0.25) is 0 Å². The fourth-order valence-electron chi connectivity index (χ4n) is 4.66. The van der Waals surface area contributed by atoms with Crippen molar-refractivity contribution in [2.75, 3.05) is 7.11 Å². The van der Waals surface area contributed by atoms with Crippen molar-refractivity contribution in [3.63, 3.8) is 0 Å². The van der Waals surface area contributed by atoms with Crippen molar-refractivity contribution in [2.45, 2.75) is 0 Å². The van der Waals surface area contributed by atoms with Gasteiger partial charge in [0.05, 0.1) is 7.11 Å². The minimum absolute atomic E-state index is 0.891. The number of rotatable bonds is 1. The summed E-state index contributed by atoms with van der Waals surface area (Å²) in [7, 11) is 1.72. The zero-order valence-corrected chi connectivity index (χ0v) is 15.6. The molecule has 0 saturated heterocycles. The Morgan fingerprint density at radius 2 is 1.04 bits per heavy atom. The summed E-state index contributed by atoms with van der Waals surface area (Å²) in [6, 6.07) is 32.8. The van der Waals surface area contributed by atoms with Crippen molar-refractivity contribution in [1.29, 1.82) is 0 Å². The molecule has 6 rings (SSSR count). The fraction of sp³-hybridized carbons (Fsp3) is 0.0370. The van der Waals surface area contributed by atoms with Gasteiger partial charge in [0.15, 0.2) is 0 Å². The van der Waals surface area contributed by atoms with Crippen molar-refractivity contribution < 1.29 is 4.74 Å². The first-order valence-corrected chi connectivity index (χ1v) is 9.58. The van der Waals surface area contributed by atoms with Gasteiger partial charge in [-0.25, -0.2) is 0 Å². The summed E-state index contributed by atoms with van der Waals surface area (Å²) in [5.41, 5.74) is 0. The Morgan fingerprint density at radius 1 is 0.464 bits per heavy atom. The summed E-state index contributed by atoms with van der Waals surface area (Å²) in [6.45, 7) is 0. The second-order valence-corrected chi connectivity index (χ2v) is 7.33. The topological polar surface area (TPSA) is 9.23 Å². The number of benzene rings is 6. The van der Waals surface area contributed by atoms with Gasteiger partial charge in [0, 0.05) is 0 Å². The van der Waals surface area contributed by atoms with E-state index in [0.717, 1.165) is 5.75 Å². The molecule has 1 heteroatoms. The van der Waals surface area contributed by atoms with E-state index >= 15 is 0 Å². The van der Waals surface area contributed by atoms with Crippen LogP contribution in [0.3, 0.4) is 0 Å². The van der Waals surface area contributed by atoms with Crippen LogP contribution in [0.1, 0.15) is 0 Å². The lowest BCUT2D eigenvalue weighted by Gasteiger charge is -2.15. The number of ether oxygens (including phenoxy) is 1. The van der Waals surface area contributed by atoms with E-state index in [1.54, 1.807) is 7.11 Å². The first kappa shape index (κ1) is 15.5. The highest BCUT2D eigenvalue weighted by Gasteiger charge is 2.13. The first-order valence-electron chi connectivity index (χ1n) is 9.58. The molecule has 132 valence electrons. The van der Waals surface area contributed by atoms with Crippen LogP contribution in [0.15, 0.2) is 91.0 Å². The van der Waals surface area contributed by atoms with E-state index in [9.17, 15) is 0 Å². The molecule has 6 aromatic carbocycles. The highest BCUT2D eigenvalue weighted by molar-refractivity contribution is 6.35. The van der Waals surface area contributed by atoms with Crippen LogP contribution in [0.25, 0.3) is 53.9 Å². The fourth-order valence-corrected chi connectivity index (χ4v) is 4.66. The molecule has 0 N–H and O–H groups in total. The second-order valence-electron chi connectivity index (χ2n) is 7.33. The van der Waals surface area contributed by atoms with Gasteiger partial charge in [-0.15, -0.1) is 0 Å². The summed E-state index contributed by atoms with van der Waals surface area (Å²) in [5.74, 6) is 0.891. The zero-order chi connectivity index (χ0) is 18.7. The van der Waals surface area contributed by atoms with Crippen LogP contribution in [0.5, 0.6) is 5.75 Å². The van der Waals surface area contributed by atoms with E-state index < -0.39 is 0 Å². The normalized spacial score (nSPS) is 11.8. The van der Waals surface area contributed by atoms with Gasteiger partial charge in [-0.3, -0.25) is 0 Å². The van der Waals surface area contributed by atoms with E-state index in [-0.39, 0.29) is 0 Å². The number of hydrogen-bond acceptors (Lipinski definition) is 1. The van der Waals surface area contributed by atoms with Crippen LogP contribution in [-0.2, 0) is 0 Å². The molecule has 0 aliphatic carbocycles. The minimum atomic E-state index is 0.891. The second kappa shape index (κ2) is 5.71. The van der Waals surface area contributed by atoms with Gasteiger partial charge in [-0.1, -0.05) is 78.9 Å². The quantitative estimate of drug-likeness (QED) is 0.277. The maximum Gasteiger partial charge on any atom is 0.119 e. The van der Waals surface area contributed by atoms with E-state index in [4.69, 9.17) is 4.74 Å². The molecule has 0 unspecified atom stereocenters. The van der Waals surface area contributed by atoms with Crippen LogP contribution < -0.4 is 4.74 Å². The van der Waals surface area contributed by atoms with Crippen molar-refractivity contribution in [3.8, 4) is 5.75 Å². The Labute approximate surface area is 162 Å². The molecule has 1 nitrogen and oxygen atoms in total. The first-order chi connectivity index (χ1) is 13.8. The van der Waals surface area contributed by atoms with Gasteiger partial charge >= 0.3 is 0 Å². The van der Waals surface area contributed by atoms with Gasteiger partial charge in [0.1, 0.15) is 5.75 Å². The number of hydrogen-bond donors (Lipinski definition) is 0. The third kappa shape index (κ3) is 2.02. The summed E-state index contributed by atoms with van der Waals surface area (Å²) in [5, 5.41) is 12.9. The Morgan fingerprint density at radius 3 is 1.86 bits per heavy atom. The average molecular weight is 358 g/mol. The largest absolute Gasteiger partial charge is 0.497 e. The van der Waals surface area contributed by atoms with Gasteiger partial charge in [-0.05, 0) is 66.0 Å². The van der Waals surface area contributed by atoms with Crippen LogP contribution in [0, 0.1) is 0 Å². The molecule has 0 heterocycles. The lowest BCUT2D eigenvalue weighted by atomic mass is 9.89. The lowest BCUT2D eigenvalue weighted by Crippen LogP contribution is -1.88. The maximum absolute atomic E-state index is 5.45. The number of fused-ring (bicyclic) bond motifs is 10. The smallest absolute Gasteiger partial charge is 0.119 e. The summed E-state index contributed by atoms with van der Waals surface area (Å²) < 4.78 is 5.45. The monoisotopic (exact) mass is 358 g/mol. The summed E-state index contributed by atoms with van der Waals surface area (Å²) in [6.07, 6.45) is 0. The molecular formula is C27H18O. The molecule has 0 aromatic heterocycles. The molecule has 0 saturated carbocycles. The summed E-state index contributed by atoms with van der Waals surface area (Å²) in [4.78, 5) is 0. The summed E-state index contributed by atoms with van der Waals surface area (Å²) >= 11 is 0. The highest BCUT2D eigenvalue weighted by atomic mass is 16.5. The van der Waals surface area contributed by atoms with Gasteiger partial charge in [-0.2, -0.15) is 0 Å². The van der Waals surface area contributed by atoms with Crippen LogP contribution >= 0.6 is 0 Å². The molecule has 0 bridgehead atoms. The molecule has 0 fully saturated rings. The van der Waals surface area contributed by atoms with E-state index in [1.807, 2.05) is 0 Å². The Balaban J connectivity index is 1.97. The van der Waals surface area contributed by atoms with Crippen LogP contribution in [0.4, 0.5) is 0 Å². The zero-order valence-electron chi connectivity index (χ0n) is 15.6. The minimum Gasteiger partial charge on any atom is -0.497 e. The molecule has 0 radical (unpaired) electrons. The van der Waals surface area contributed by atoms with Crippen LogP contribution in [-0.4, -0.2) is 7.11 Å². The Hall–Kier alpha value is -3.58. The molecule has 0 spiro atoms. The Kier molecular flexibility index (Phi) is 3.15. The van der Waals surface area contributed by atoms with E-state index in [1.165, 1.54) is 53.9 Å². The predicted molar refractivity (Wildman–Crippen MR) is 121 cm³/mol. The van der Waals surface area contributed by atoms with Gasteiger partial charge in [0.25, 0.3) is 0 Å². The molecule has 0 aliphatic rings. The Bertz CT molecular complexity index is 1540. The van der Waals surface area contributed by atoms with E-state index in [2.05, 4.69) is 91.0 Å². The third-order valence-corrected chi connectivity index (χ3v) is 5.91. The molecular weight excluding hydrogens is 340 g/mol. The highest BCUT2D eigenvalue weighted by Crippen LogP contribution is 2.41. The number of methoxy groups -OCH3 is 1. The van der Waals surface area contributed by atoms with Crippen molar-refractivity contribution in [2.24, 2.45) is 0 Å². The molecule has 0 aliphatic heterocycles. The van der Waals surface area contributed by atoms with Gasteiger partial charge < -0.3 is 4.74 Å². The van der Waals surface area contributed by atoms with Crippen molar-refractivity contribution >= 4 is 53.9 Å². The average Bonchev–Trinajstić information content (AvgIpc) is 2.77. The lowest BCUT2D eigenvalue weighted by molar-refractivity contribution is 0.415.